The number of aliphatic carboxylic acids is 1. The number of halogens is 2. The summed E-state index contributed by atoms with van der Waals surface area (Å²) in [5.41, 5.74) is -1.44. The molecule has 0 aromatic heterocycles. The predicted octanol–water partition coefficient (Wildman–Crippen LogP) is 1.58. The van der Waals surface area contributed by atoms with E-state index >= 15 is 0 Å². The van der Waals surface area contributed by atoms with Crippen molar-refractivity contribution < 1.29 is 33.7 Å². The van der Waals surface area contributed by atoms with E-state index in [1.165, 1.54) is 6.07 Å². The number of ketones is 1. The van der Waals surface area contributed by atoms with Gasteiger partial charge < -0.3 is 20.3 Å². The van der Waals surface area contributed by atoms with Crippen molar-refractivity contribution in [2.45, 2.75) is 18.3 Å². The van der Waals surface area contributed by atoms with Crippen LogP contribution in [0.1, 0.15) is 24.0 Å². The van der Waals surface area contributed by atoms with E-state index in [-0.39, 0.29) is 36.6 Å². The maximum Gasteiger partial charge on any atom is 0.322 e. The van der Waals surface area contributed by atoms with Crippen molar-refractivity contribution in [3.8, 4) is 0 Å². The third-order valence-corrected chi connectivity index (χ3v) is 4.99. The summed E-state index contributed by atoms with van der Waals surface area (Å²) in [5, 5.41) is 21.0. The lowest BCUT2D eigenvalue weighted by Crippen LogP contribution is -2.48. The number of hydrogen-bond acceptors (Lipinski definition) is 5. The minimum absolute atomic E-state index is 0.00567. The Hall–Kier alpha value is -2.45. The molecule has 1 saturated heterocycles. The number of Topliss-reactive ketones (excluding diaryl/α,β-unsaturated/α-hetero) is 1. The number of ether oxygens (including phenoxy) is 1. The number of nitrogens with one attached hydrogen (secondary N) is 1. The van der Waals surface area contributed by atoms with Gasteiger partial charge in [-0.25, -0.2) is 4.39 Å². The lowest BCUT2D eigenvalue weighted by molar-refractivity contribution is -0.138. The Bertz CT molecular complexity index is 844. The molecule has 0 atom stereocenters. The van der Waals surface area contributed by atoms with Gasteiger partial charge in [0.1, 0.15) is 23.7 Å². The molecule has 1 aromatic rings. The van der Waals surface area contributed by atoms with Gasteiger partial charge in [-0.05, 0) is 30.5 Å². The van der Waals surface area contributed by atoms with Gasteiger partial charge in [0.2, 0.25) is 0 Å². The second-order valence-electron chi connectivity index (χ2n) is 6.14. The van der Waals surface area contributed by atoms with Crippen LogP contribution in [0.4, 0.5) is 4.39 Å². The molecule has 1 heterocycles. The molecule has 2 aliphatic rings. The summed E-state index contributed by atoms with van der Waals surface area (Å²) in [7, 11) is 0. The molecule has 1 aromatic carbocycles. The number of hydrogen-bond donors (Lipinski definition) is 3. The molecule has 3 N–H and O–H groups in total. The molecule has 0 radical (unpaired) electrons. The Balaban J connectivity index is 2.18. The van der Waals surface area contributed by atoms with Crippen molar-refractivity contribution in [3.63, 3.8) is 0 Å². The van der Waals surface area contributed by atoms with E-state index < -0.39 is 46.8 Å². The second kappa shape index (κ2) is 6.69. The van der Waals surface area contributed by atoms with E-state index in [9.17, 15) is 23.9 Å². The first kappa shape index (κ1) is 18.3. The Morgan fingerprint density at radius 3 is 2.58 bits per heavy atom. The highest BCUT2D eigenvalue weighted by atomic mass is 35.5. The lowest BCUT2D eigenvalue weighted by atomic mass is 9.64. The van der Waals surface area contributed by atoms with Crippen molar-refractivity contribution in [1.29, 1.82) is 0 Å². The molecule has 0 saturated carbocycles. The zero-order valence-electron chi connectivity index (χ0n) is 13.5. The van der Waals surface area contributed by atoms with Crippen LogP contribution in [0.2, 0.25) is 5.02 Å². The molecule has 1 aliphatic carbocycles. The minimum atomic E-state index is -1.30. The quantitative estimate of drug-likeness (QED) is 0.683. The van der Waals surface area contributed by atoms with Gasteiger partial charge in [0.15, 0.2) is 5.78 Å². The summed E-state index contributed by atoms with van der Waals surface area (Å²) in [5.74, 6) is -4.49. The van der Waals surface area contributed by atoms with Crippen LogP contribution in [0, 0.1) is 5.82 Å². The van der Waals surface area contributed by atoms with Gasteiger partial charge in [0, 0.05) is 18.8 Å². The minimum Gasteiger partial charge on any atom is -0.506 e. The zero-order chi connectivity index (χ0) is 19.1. The van der Waals surface area contributed by atoms with Crippen LogP contribution < -0.4 is 5.32 Å². The number of fused-ring (bicyclic) bond motifs is 2. The Labute approximate surface area is 152 Å². The van der Waals surface area contributed by atoms with Crippen LogP contribution in [0.15, 0.2) is 17.7 Å². The monoisotopic (exact) mass is 383 g/mol. The van der Waals surface area contributed by atoms with Crippen LogP contribution >= 0.6 is 11.6 Å². The SMILES string of the molecule is O=C(O)CNC(=O)C1=C(O)c2cc(F)c(Cl)cc2C2(CCOCC2)C1=O. The number of benzene rings is 1. The smallest absolute Gasteiger partial charge is 0.322 e. The number of aliphatic hydroxyl groups excluding tert-OH is 1. The summed E-state index contributed by atoms with van der Waals surface area (Å²) < 4.78 is 19.3. The lowest BCUT2D eigenvalue weighted by Gasteiger charge is -2.40. The first-order chi connectivity index (χ1) is 12.3. The second-order valence-corrected chi connectivity index (χ2v) is 6.54. The van der Waals surface area contributed by atoms with Gasteiger partial charge in [-0.2, -0.15) is 0 Å². The fourth-order valence-corrected chi connectivity index (χ4v) is 3.58. The summed E-state index contributed by atoms with van der Waals surface area (Å²) >= 11 is 5.87. The molecule has 3 rings (SSSR count). The number of carbonyl (C=O) groups excluding carboxylic acids is 2. The summed E-state index contributed by atoms with van der Waals surface area (Å²) in [6.07, 6.45) is 0.452. The maximum absolute atomic E-state index is 14.0. The predicted molar refractivity (Wildman–Crippen MR) is 88.3 cm³/mol. The van der Waals surface area contributed by atoms with Crippen molar-refractivity contribution in [3.05, 3.63) is 39.7 Å². The topological polar surface area (TPSA) is 113 Å². The number of rotatable bonds is 3. The van der Waals surface area contributed by atoms with Crippen LogP contribution in [0.3, 0.4) is 0 Å². The molecular formula is C17H15ClFNO6. The molecule has 0 unspecified atom stereocenters. The van der Waals surface area contributed by atoms with E-state index in [0.29, 0.717) is 5.56 Å². The first-order valence-electron chi connectivity index (χ1n) is 7.83. The third kappa shape index (κ3) is 2.85. The number of carbonyl (C=O) groups is 3. The molecule has 26 heavy (non-hydrogen) atoms. The highest BCUT2D eigenvalue weighted by molar-refractivity contribution is 6.32. The van der Waals surface area contributed by atoms with Crippen LogP contribution in [0.25, 0.3) is 5.76 Å². The number of carboxylic acids is 1. The number of amides is 1. The molecule has 0 bridgehead atoms. The van der Waals surface area contributed by atoms with Gasteiger partial charge >= 0.3 is 5.97 Å². The highest BCUT2D eigenvalue weighted by Gasteiger charge is 2.50. The molecule has 9 heteroatoms. The van der Waals surface area contributed by atoms with Gasteiger partial charge in [-0.15, -0.1) is 0 Å². The fourth-order valence-electron chi connectivity index (χ4n) is 3.41. The first-order valence-corrected chi connectivity index (χ1v) is 8.21. The van der Waals surface area contributed by atoms with Crippen molar-refractivity contribution in [2.75, 3.05) is 19.8 Å². The van der Waals surface area contributed by atoms with Gasteiger partial charge in [0.05, 0.1) is 10.4 Å². The molecule has 1 aliphatic heterocycles. The molecule has 1 amide bonds. The number of carboxylic acid groups (broad SMARTS) is 1. The highest BCUT2D eigenvalue weighted by Crippen LogP contribution is 2.46. The van der Waals surface area contributed by atoms with Crippen LogP contribution in [-0.4, -0.2) is 47.6 Å². The van der Waals surface area contributed by atoms with Crippen molar-refractivity contribution in [1.82, 2.24) is 5.32 Å². The fraction of sp³-hybridized carbons (Fsp3) is 0.353. The van der Waals surface area contributed by atoms with Gasteiger partial charge in [0.25, 0.3) is 5.91 Å². The average Bonchev–Trinajstić information content (AvgIpc) is 2.61. The molecule has 138 valence electrons. The Morgan fingerprint density at radius 1 is 1.31 bits per heavy atom. The van der Waals surface area contributed by atoms with Crippen LogP contribution in [-0.2, 0) is 24.5 Å². The largest absolute Gasteiger partial charge is 0.506 e. The van der Waals surface area contributed by atoms with E-state index in [2.05, 4.69) is 5.32 Å². The molecule has 1 fully saturated rings. The Kier molecular flexibility index (Phi) is 4.72. The maximum atomic E-state index is 14.0. The molecule has 7 nitrogen and oxygen atoms in total. The van der Waals surface area contributed by atoms with Crippen molar-refractivity contribution >= 4 is 35.0 Å². The van der Waals surface area contributed by atoms with E-state index in [1.807, 2.05) is 0 Å². The third-order valence-electron chi connectivity index (χ3n) is 4.70. The average molecular weight is 384 g/mol. The van der Waals surface area contributed by atoms with Gasteiger partial charge in [-0.3, -0.25) is 14.4 Å². The molecule has 1 spiro atoms. The number of aliphatic hydroxyl groups is 1. The summed E-state index contributed by atoms with van der Waals surface area (Å²) in [6, 6.07) is 2.26. The van der Waals surface area contributed by atoms with Crippen LogP contribution in [0.5, 0.6) is 0 Å². The Morgan fingerprint density at radius 2 is 1.96 bits per heavy atom. The normalized spacial score (nSPS) is 18.6. The summed E-state index contributed by atoms with van der Waals surface area (Å²) in [6.45, 7) is -0.239. The standard InChI is InChI=1S/C17H15ClFNO6/c18-10-6-9-8(5-11(10)19)14(23)13(16(25)20-7-12(21)22)15(24)17(9)1-3-26-4-2-17/h5-6,23H,1-4,7H2,(H,20,25)(H,21,22). The van der Waals surface area contributed by atoms with E-state index in [4.69, 9.17) is 21.4 Å². The van der Waals surface area contributed by atoms with Gasteiger partial charge in [-0.1, -0.05) is 11.6 Å². The zero-order valence-corrected chi connectivity index (χ0v) is 14.2. The van der Waals surface area contributed by atoms with E-state index in [1.54, 1.807) is 0 Å². The molecular weight excluding hydrogens is 369 g/mol. The van der Waals surface area contributed by atoms with Crippen molar-refractivity contribution in [2.24, 2.45) is 0 Å². The van der Waals surface area contributed by atoms with E-state index in [0.717, 1.165) is 6.07 Å². The summed E-state index contributed by atoms with van der Waals surface area (Å²) in [4.78, 5) is 36.2.